The normalized spacial score (nSPS) is 13.3. The van der Waals surface area contributed by atoms with Crippen LogP contribution in [0.25, 0.3) is 10.9 Å². The number of H-pyrrole nitrogens is 1. The van der Waals surface area contributed by atoms with Crippen LogP contribution in [0.4, 0.5) is 4.39 Å². The van der Waals surface area contributed by atoms with Crippen molar-refractivity contribution in [3.63, 3.8) is 0 Å². The number of unbranched alkanes of at least 4 members (excludes halogenated alkanes) is 3. The Labute approximate surface area is 552 Å². The number of nitrogens with one attached hydrogen (secondary N) is 6. The number of aliphatic carboxylic acids is 3. The SMILES string of the molecule is Cc1ccc(C(=O)NCCCC[C@H](CC(=O)CCCCCNC(=O)[C@H](CCC(=O)O)CC(=O)[C@H](Cc2c[nH]c3ccccc23)NC(=O)[C@@H](CC(=O)CNC(=O)[C@H](CCC(=O)O)CC(=O)[C@@H](CC(=O)O)NS(=O)(=O)c2ccc(Br)cc2C)Cc2cccc(F)c2)C(N)=O)cc1. The Morgan fingerprint density at radius 1 is 0.585 bits per heavy atom. The minimum absolute atomic E-state index is 0.0471. The molecule has 0 spiro atoms. The van der Waals surface area contributed by atoms with Crippen LogP contribution in [0, 0.1) is 43.3 Å². The lowest BCUT2D eigenvalue weighted by Gasteiger charge is -2.24. The van der Waals surface area contributed by atoms with Gasteiger partial charge < -0.3 is 47.3 Å². The minimum atomic E-state index is -4.54. The Kier molecular flexibility index (Phi) is 30.5. The number of carboxylic acid groups (broad SMARTS) is 3. The van der Waals surface area contributed by atoms with Gasteiger partial charge >= 0.3 is 17.9 Å². The fourth-order valence-corrected chi connectivity index (χ4v) is 12.7. The summed E-state index contributed by atoms with van der Waals surface area (Å²) in [6.45, 7) is 3.04. The number of hydrogen-bond acceptors (Lipinski definition) is 14. The Morgan fingerprint density at radius 3 is 1.85 bits per heavy atom. The molecule has 0 bridgehead atoms. The maximum Gasteiger partial charge on any atom is 0.305 e. The zero-order chi connectivity index (χ0) is 69.1. The number of nitrogens with two attached hydrogens (primary N) is 1. The second-order valence-corrected chi connectivity index (χ2v) is 26.1. The maximum absolute atomic E-state index is 14.7. The van der Waals surface area contributed by atoms with Crippen LogP contribution in [0.2, 0.25) is 0 Å². The van der Waals surface area contributed by atoms with Crippen LogP contribution >= 0.6 is 15.9 Å². The Morgan fingerprint density at radius 2 is 1.21 bits per heavy atom. The average molecular weight is 1390 g/mol. The number of fused-ring (bicyclic) bond motifs is 1. The molecule has 506 valence electrons. The van der Waals surface area contributed by atoms with Gasteiger partial charge in [-0.25, -0.2) is 17.5 Å². The largest absolute Gasteiger partial charge is 0.481 e. The van der Waals surface area contributed by atoms with Crippen molar-refractivity contribution in [1.82, 2.24) is 31.0 Å². The lowest BCUT2D eigenvalue weighted by molar-refractivity contribution is -0.140. The molecule has 5 amide bonds. The van der Waals surface area contributed by atoms with E-state index in [2.05, 4.69) is 46.9 Å². The number of hydrogen-bond donors (Lipinski definition) is 10. The molecule has 24 nitrogen and oxygen atoms in total. The van der Waals surface area contributed by atoms with E-state index in [-0.39, 0.29) is 66.4 Å². The zero-order valence-corrected chi connectivity index (χ0v) is 54.8. The fraction of sp³-hybridized carbons (Fsp3) is 0.433. The van der Waals surface area contributed by atoms with E-state index in [1.165, 1.54) is 37.3 Å². The molecule has 5 rings (SSSR count). The van der Waals surface area contributed by atoms with Gasteiger partial charge in [0.15, 0.2) is 17.3 Å². The first-order chi connectivity index (χ1) is 44.6. The number of primary amides is 1. The first kappa shape index (κ1) is 75.9. The van der Waals surface area contributed by atoms with Gasteiger partial charge in [-0.05, 0) is 124 Å². The molecule has 5 aromatic rings. The van der Waals surface area contributed by atoms with Crippen molar-refractivity contribution in [2.75, 3.05) is 19.6 Å². The number of rotatable bonds is 44. The molecule has 0 aliphatic rings. The standard InChI is InChI=1S/C67H81BrFN7O17S/c1-40-17-19-43(20-18-40)64(88)71-28-9-7-12-44(63(70)87)32-51(77)14-4-3-8-27-72-65(89)45(21-25-60(81)82)35-57(79)55(34-48-38-73-54-16-6-5-15-53(48)54)75-67(91)47(30-42-11-10-13-50(69)31-42)33-52(78)39-74-66(90)46(22-26-61(83)84)36-58(80)56(37-62(85)86)76-94(92,93)59-24-23-49(68)29-41(59)2/h5-6,10-11,13,15-20,23-24,29,31,38,44-47,55-56,73,76H,3-4,7-9,12,14,21-22,25-28,30,32-37,39H2,1-2H3,(H2,70,87)(H,71,88)(H,72,89)(H,74,90)(H,75,91)(H,81,82)(H,83,84)(H,85,86)/t44-,45-,46-,47-,55+,56-/m1/s1. The van der Waals surface area contributed by atoms with Crippen molar-refractivity contribution < 1.29 is 85.7 Å². The lowest BCUT2D eigenvalue weighted by Crippen LogP contribution is -2.47. The van der Waals surface area contributed by atoms with Crippen molar-refractivity contribution in [1.29, 1.82) is 0 Å². The predicted molar refractivity (Wildman–Crippen MR) is 347 cm³/mol. The van der Waals surface area contributed by atoms with Gasteiger partial charge in [0.2, 0.25) is 33.7 Å². The predicted octanol–water partition coefficient (Wildman–Crippen LogP) is 6.69. The van der Waals surface area contributed by atoms with Gasteiger partial charge in [-0.3, -0.25) is 57.5 Å². The quantitative estimate of drug-likeness (QED) is 0.0182. The number of aromatic nitrogens is 1. The third-order valence-corrected chi connectivity index (χ3v) is 18.0. The third kappa shape index (κ3) is 25.9. The summed E-state index contributed by atoms with van der Waals surface area (Å²) >= 11 is 3.23. The van der Waals surface area contributed by atoms with Crippen LogP contribution in [0.5, 0.6) is 0 Å². The number of para-hydroxylation sites is 1. The van der Waals surface area contributed by atoms with E-state index in [4.69, 9.17) is 5.73 Å². The van der Waals surface area contributed by atoms with Gasteiger partial charge in [0.25, 0.3) is 5.91 Å². The van der Waals surface area contributed by atoms with Gasteiger partial charge in [-0.2, -0.15) is 0 Å². The van der Waals surface area contributed by atoms with Crippen LogP contribution in [0.1, 0.15) is 135 Å². The van der Waals surface area contributed by atoms with Crippen molar-refractivity contribution in [3.05, 3.63) is 135 Å². The molecule has 0 saturated heterocycles. The highest BCUT2D eigenvalue weighted by Crippen LogP contribution is 2.26. The molecule has 6 atom stereocenters. The Balaban J connectivity index is 1.24. The van der Waals surface area contributed by atoms with Crippen molar-refractivity contribution in [2.45, 2.75) is 146 Å². The topological polar surface area (TPSA) is 402 Å². The van der Waals surface area contributed by atoms with Crippen LogP contribution in [0.15, 0.2) is 107 Å². The molecular formula is C67H81BrFN7O17S. The van der Waals surface area contributed by atoms with E-state index in [9.17, 15) is 85.7 Å². The smallest absolute Gasteiger partial charge is 0.305 e. The minimum Gasteiger partial charge on any atom is -0.481 e. The van der Waals surface area contributed by atoms with Crippen LogP contribution in [-0.4, -0.2) is 131 Å². The molecule has 0 aliphatic carbocycles. The average Bonchev–Trinajstić information content (AvgIpc) is 1.12. The highest BCUT2D eigenvalue weighted by atomic mass is 79.9. The molecule has 0 saturated carbocycles. The number of halogens is 2. The maximum atomic E-state index is 14.7. The summed E-state index contributed by atoms with van der Waals surface area (Å²) in [6, 6.07) is 20.1. The Bertz CT molecular complexity index is 3660. The van der Waals surface area contributed by atoms with E-state index >= 15 is 0 Å². The number of aromatic amines is 1. The Hall–Kier alpha value is -8.82. The molecule has 0 fully saturated rings. The molecule has 94 heavy (non-hydrogen) atoms. The third-order valence-electron chi connectivity index (χ3n) is 15.9. The lowest BCUT2D eigenvalue weighted by atomic mass is 9.89. The summed E-state index contributed by atoms with van der Waals surface area (Å²) in [5, 5.41) is 40.2. The number of ketones is 4. The molecule has 0 radical (unpaired) electrons. The van der Waals surface area contributed by atoms with Crippen LogP contribution < -0.4 is 31.7 Å². The van der Waals surface area contributed by atoms with Crippen molar-refractivity contribution in [2.24, 2.45) is 29.4 Å². The number of amides is 5. The number of carboxylic acids is 3. The van der Waals surface area contributed by atoms with Gasteiger partial charge in [-0.1, -0.05) is 76.8 Å². The summed E-state index contributed by atoms with van der Waals surface area (Å²) in [7, 11) is -4.54. The van der Waals surface area contributed by atoms with Gasteiger partial charge in [0, 0.05) is 115 Å². The number of carbonyl (C=O) groups is 12. The summed E-state index contributed by atoms with van der Waals surface area (Å²) in [5.41, 5.74) is 8.92. The molecule has 1 aromatic heterocycles. The zero-order valence-electron chi connectivity index (χ0n) is 52.3. The van der Waals surface area contributed by atoms with Crippen molar-refractivity contribution >= 4 is 107 Å². The van der Waals surface area contributed by atoms with Gasteiger partial charge in [0.1, 0.15) is 11.6 Å². The fourth-order valence-electron chi connectivity index (χ4n) is 10.7. The molecule has 0 aliphatic heterocycles. The van der Waals surface area contributed by atoms with Gasteiger partial charge in [-0.15, -0.1) is 0 Å². The summed E-state index contributed by atoms with van der Waals surface area (Å²) in [5.74, 6) is -15.8. The van der Waals surface area contributed by atoms with Crippen molar-refractivity contribution in [3.8, 4) is 0 Å². The highest BCUT2D eigenvalue weighted by Gasteiger charge is 2.35. The van der Waals surface area contributed by atoms with Crippen LogP contribution in [0.3, 0.4) is 0 Å². The van der Waals surface area contributed by atoms with E-state index in [1.807, 2.05) is 19.1 Å². The summed E-state index contributed by atoms with van der Waals surface area (Å²) in [4.78, 5) is 161. The second kappa shape index (κ2) is 37.8. The molecule has 4 aromatic carbocycles. The second-order valence-electron chi connectivity index (χ2n) is 23.5. The first-order valence-electron chi connectivity index (χ1n) is 30.9. The molecular weight excluding hydrogens is 1310 g/mol. The van der Waals surface area contributed by atoms with E-state index < -0.39 is 162 Å². The van der Waals surface area contributed by atoms with Gasteiger partial charge in [0.05, 0.1) is 29.9 Å². The van der Waals surface area contributed by atoms with E-state index in [0.717, 1.165) is 17.7 Å². The highest BCUT2D eigenvalue weighted by molar-refractivity contribution is 9.10. The molecule has 11 N–H and O–H groups in total. The molecule has 0 unspecified atom stereocenters. The summed E-state index contributed by atoms with van der Waals surface area (Å²) < 4.78 is 44.1. The van der Waals surface area contributed by atoms with Crippen LogP contribution in [-0.2, 0) is 75.6 Å². The number of benzene rings is 4. The number of carbonyl (C=O) groups excluding carboxylic acids is 9. The monoisotopic (exact) mass is 1390 g/mol. The number of Topliss-reactive ketones (excluding diaryl/α,β-unsaturated/α-hetero) is 4. The molecule has 27 heteroatoms. The number of sulfonamides is 1. The molecule has 1 heterocycles. The van der Waals surface area contributed by atoms with E-state index in [1.54, 1.807) is 42.6 Å². The number of aryl methyl sites for hydroxylation is 2. The van der Waals surface area contributed by atoms with E-state index in [0.29, 0.717) is 71.6 Å². The summed E-state index contributed by atoms with van der Waals surface area (Å²) in [6.07, 6.45) is -1.06. The first-order valence-corrected chi connectivity index (χ1v) is 33.2.